The molecule has 1 unspecified atom stereocenters. The minimum atomic E-state index is -2.86. The second-order valence-corrected chi connectivity index (χ2v) is 3.15. The average Bonchev–Trinajstić information content (AvgIpc) is 2.05. The summed E-state index contributed by atoms with van der Waals surface area (Å²) in [5.74, 6) is 0. The van der Waals surface area contributed by atoms with Gasteiger partial charge in [0.25, 0.3) is 0 Å². The molecule has 0 aliphatic carbocycles. The molecule has 0 saturated carbocycles. The molecule has 0 radical (unpaired) electrons. The summed E-state index contributed by atoms with van der Waals surface area (Å²) in [5.41, 5.74) is 0. The highest BCUT2D eigenvalue weighted by molar-refractivity contribution is 7.73. The van der Waals surface area contributed by atoms with Crippen LogP contribution in [-0.4, -0.2) is 39.4 Å². The number of nitrogens with zero attached hydrogens (tertiary/aromatic N) is 1. The first kappa shape index (κ1) is 19.7. The van der Waals surface area contributed by atoms with Crippen molar-refractivity contribution in [3.05, 3.63) is 36.4 Å². The predicted octanol–water partition coefficient (Wildman–Crippen LogP) is 1.36. The lowest BCUT2D eigenvalue weighted by Crippen LogP contribution is -1.99. The van der Waals surface area contributed by atoms with E-state index in [4.69, 9.17) is 13.3 Å². The van der Waals surface area contributed by atoms with Gasteiger partial charge in [-0.15, -0.1) is 0 Å². The molecule has 0 heterocycles. The fourth-order valence-corrected chi connectivity index (χ4v) is 0.385. The Hall–Kier alpha value is -0.790. The Morgan fingerprint density at radius 2 is 1.07 bits per heavy atom. The van der Waals surface area contributed by atoms with Crippen LogP contribution in [-0.2, 0) is 11.4 Å². The first-order chi connectivity index (χ1) is 6.46. The van der Waals surface area contributed by atoms with Gasteiger partial charge in [-0.3, -0.25) is 0 Å². The number of hydrogen-bond acceptors (Lipinski definition) is 4. The molecule has 1 aromatic carbocycles. The molecule has 0 amide bonds. The van der Waals surface area contributed by atoms with Gasteiger partial charge in [-0.1, -0.05) is 36.4 Å². The summed E-state index contributed by atoms with van der Waals surface area (Å²) < 4.78 is 24.1. The standard InChI is InChI=1S/C6H6.C3H9N.H3N.H2O3S/c1-2-4-6-5-3-1;1-4(2)3;;1-4(2)3/h1-6H;1-3H3;1H3;(H2,1,2,3)/p-1. The minimum absolute atomic E-state index is 0. The van der Waals surface area contributed by atoms with Crippen LogP contribution < -0.4 is 6.15 Å². The summed E-state index contributed by atoms with van der Waals surface area (Å²) in [6.07, 6.45) is 0. The molecular formula is C9H19N2O3S-. The van der Waals surface area contributed by atoms with Crippen LogP contribution >= 0.6 is 0 Å². The van der Waals surface area contributed by atoms with Crippen LogP contribution in [0.3, 0.4) is 0 Å². The third-order valence-corrected chi connectivity index (χ3v) is 0.667. The van der Waals surface area contributed by atoms with E-state index in [1.165, 1.54) is 0 Å². The van der Waals surface area contributed by atoms with Crippen molar-refractivity contribution in [1.82, 2.24) is 11.1 Å². The summed E-state index contributed by atoms with van der Waals surface area (Å²) >= 11 is -2.86. The van der Waals surface area contributed by atoms with Crippen molar-refractivity contribution in [1.29, 1.82) is 0 Å². The molecular weight excluding hydrogens is 216 g/mol. The van der Waals surface area contributed by atoms with Gasteiger partial charge < -0.3 is 20.2 Å². The Bertz CT molecular complexity index is 186. The highest BCUT2D eigenvalue weighted by atomic mass is 32.2. The van der Waals surface area contributed by atoms with Gasteiger partial charge in [0.15, 0.2) is 0 Å². The molecule has 1 atom stereocenters. The first-order valence-corrected chi connectivity index (χ1v) is 4.89. The Balaban J connectivity index is -0.000000145. The highest BCUT2D eigenvalue weighted by Gasteiger charge is 1.58. The molecule has 5 nitrogen and oxygen atoms in total. The van der Waals surface area contributed by atoms with E-state index in [1.807, 2.05) is 62.4 Å². The molecule has 0 aromatic heterocycles. The van der Waals surface area contributed by atoms with Crippen molar-refractivity contribution >= 4 is 11.4 Å². The van der Waals surface area contributed by atoms with Crippen molar-refractivity contribution in [3.63, 3.8) is 0 Å². The molecule has 0 saturated heterocycles. The van der Waals surface area contributed by atoms with Crippen LogP contribution in [0.15, 0.2) is 36.4 Å². The van der Waals surface area contributed by atoms with Crippen molar-refractivity contribution in [2.75, 3.05) is 21.1 Å². The van der Waals surface area contributed by atoms with Gasteiger partial charge >= 0.3 is 0 Å². The van der Waals surface area contributed by atoms with E-state index in [2.05, 4.69) is 0 Å². The SMILES string of the molecule is CN(C)C.N.O=S([O-])O.c1ccccc1. The summed E-state index contributed by atoms with van der Waals surface area (Å²) in [5, 5.41) is 0. The van der Waals surface area contributed by atoms with Crippen LogP contribution in [0.25, 0.3) is 0 Å². The molecule has 1 rings (SSSR count). The molecule has 4 N–H and O–H groups in total. The largest absolute Gasteiger partial charge is 0.750 e. The van der Waals surface area contributed by atoms with E-state index >= 15 is 0 Å². The van der Waals surface area contributed by atoms with E-state index in [0.717, 1.165) is 0 Å². The Kier molecular flexibility index (Phi) is 20.6. The number of rotatable bonds is 0. The van der Waals surface area contributed by atoms with Crippen molar-refractivity contribution < 1.29 is 13.3 Å². The topological polar surface area (TPSA) is 98.6 Å². The Labute approximate surface area is 93.8 Å². The monoisotopic (exact) mass is 235 g/mol. The summed E-state index contributed by atoms with van der Waals surface area (Å²) in [6.45, 7) is 0. The quantitative estimate of drug-likeness (QED) is 0.661. The third-order valence-electron chi connectivity index (χ3n) is 0.667. The number of hydrogen-bond donors (Lipinski definition) is 2. The zero-order valence-corrected chi connectivity index (χ0v) is 10.1. The van der Waals surface area contributed by atoms with E-state index in [1.54, 1.807) is 0 Å². The lowest BCUT2D eigenvalue weighted by Gasteiger charge is -1.90. The molecule has 15 heavy (non-hydrogen) atoms. The predicted molar refractivity (Wildman–Crippen MR) is 62.6 cm³/mol. The van der Waals surface area contributed by atoms with E-state index < -0.39 is 11.4 Å². The van der Waals surface area contributed by atoms with E-state index in [9.17, 15) is 0 Å². The maximum absolute atomic E-state index is 8.56. The zero-order valence-electron chi connectivity index (χ0n) is 9.29. The molecule has 0 aliphatic rings. The fourth-order valence-electron chi connectivity index (χ4n) is 0.385. The summed E-state index contributed by atoms with van der Waals surface area (Å²) in [4.78, 5) is 2.00. The smallest absolute Gasteiger partial charge is 0.0814 e. The third kappa shape index (κ3) is 61.2. The zero-order chi connectivity index (χ0) is 11.4. The second kappa shape index (κ2) is 15.7. The molecule has 0 aliphatic heterocycles. The van der Waals surface area contributed by atoms with Crippen molar-refractivity contribution in [2.45, 2.75) is 0 Å². The maximum Gasteiger partial charge on any atom is 0.0814 e. The van der Waals surface area contributed by atoms with Gasteiger partial charge in [0, 0.05) is 0 Å². The summed E-state index contributed by atoms with van der Waals surface area (Å²) in [6, 6.07) is 12.0. The minimum Gasteiger partial charge on any atom is -0.750 e. The number of benzene rings is 1. The molecule has 1 aromatic rings. The molecule has 0 bridgehead atoms. The normalized spacial score (nSPS) is 9.73. The molecule has 90 valence electrons. The van der Waals surface area contributed by atoms with Crippen LogP contribution in [0, 0.1) is 0 Å². The average molecular weight is 235 g/mol. The first-order valence-electron chi connectivity index (χ1n) is 3.86. The molecule has 0 fully saturated rings. The van der Waals surface area contributed by atoms with E-state index in [0.29, 0.717) is 0 Å². The van der Waals surface area contributed by atoms with Crippen LogP contribution in [0.1, 0.15) is 0 Å². The Morgan fingerprint density at radius 3 is 1.13 bits per heavy atom. The van der Waals surface area contributed by atoms with Gasteiger partial charge in [-0.2, -0.15) is 0 Å². The molecule has 0 spiro atoms. The highest BCUT2D eigenvalue weighted by Crippen LogP contribution is 1.79. The lowest BCUT2D eigenvalue weighted by atomic mass is 10.4. The van der Waals surface area contributed by atoms with Gasteiger partial charge in [0.1, 0.15) is 0 Å². The van der Waals surface area contributed by atoms with Crippen LogP contribution in [0.4, 0.5) is 0 Å². The van der Waals surface area contributed by atoms with Gasteiger partial charge in [0.05, 0.1) is 11.4 Å². The van der Waals surface area contributed by atoms with Gasteiger partial charge in [0.2, 0.25) is 0 Å². The van der Waals surface area contributed by atoms with E-state index in [-0.39, 0.29) is 6.15 Å². The molecule has 6 heteroatoms. The fraction of sp³-hybridized carbons (Fsp3) is 0.333. The lowest BCUT2D eigenvalue weighted by molar-refractivity contribution is 0.436. The van der Waals surface area contributed by atoms with Crippen LogP contribution in [0.5, 0.6) is 0 Å². The summed E-state index contributed by atoms with van der Waals surface area (Å²) in [7, 11) is 6.00. The van der Waals surface area contributed by atoms with Gasteiger partial charge in [-0.05, 0) is 21.1 Å². The Morgan fingerprint density at radius 1 is 1.00 bits per heavy atom. The van der Waals surface area contributed by atoms with Crippen molar-refractivity contribution in [2.24, 2.45) is 0 Å². The van der Waals surface area contributed by atoms with Gasteiger partial charge in [-0.25, -0.2) is 4.21 Å². The second-order valence-electron chi connectivity index (χ2n) is 2.71. The van der Waals surface area contributed by atoms with Crippen LogP contribution in [0.2, 0.25) is 0 Å². The maximum atomic E-state index is 8.56. The van der Waals surface area contributed by atoms with Crippen molar-refractivity contribution in [3.8, 4) is 0 Å².